The SMILES string of the molecule is CCOC(=O)c1cc2cc(CN(CC(=O)OC(C)(C)C)CC(=O)OC(C)(C)C)c(OCCN(CC(=O)OC(C)(C)C)CC(=O)OC(C)(C)C)c(CN(CC(=O)OC(C)(C)C)CC(=O)OC(C)(C)C)c2oc1=O. The monoisotopic (exact) mass is 1020 g/mol. The van der Waals surface area contributed by atoms with E-state index in [9.17, 15) is 38.4 Å². The minimum atomic E-state index is -1.08. The fourth-order valence-corrected chi connectivity index (χ4v) is 6.80. The van der Waals surface area contributed by atoms with E-state index in [0.29, 0.717) is 0 Å². The van der Waals surface area contributed by atoms with Gasteiger partial charge < -0.3 is 42.3 Å². The van der Waals surface area contributed by atoms with E-state index < -0.39 is 113 Å². The Hall–Kier alpha value is -5.60. The van der Waals surface area contributed by atoms with Crippen LogP contribution in [0.2, 0.25) is 0 Å². The van der Waals surface area contributed by atoms with Crippen LogP contribution in [-0.2, 0) is 75.0 Å². The van der Waals surface area contributed by atoms with Gasteiger partial charge in [0.15, 0.2) is 0 Å². The molecular formula is C52H81N3O17. The molecule has 20 heteroatoms. The van der Waals surface area contributed by atoms with Crippen LogP contribution < -0.4 is 10.4 Å². The number of esters is 7. The van der Waals surface area contributed by atoms with Gasteiger partial charge in [-0.1, -0.05) is 0 Å². The molecule has 0 atom stereocenters. The lowest BCUT2D eigenvalue weighted by Gasteiger charge is -2.29. The molecule has 0 saturated heterocycles. The summed E-state index contributed by atoms with van der Waals surface area (Å²) in [5, 5.41) is 0.149. The Morgan fingerprint density at radius 1 is 0.486 bits per heavy atom. The Morgan fingerprint density at radius 2 is 0.819 bits per heavy atom. The summed E-state index contributed by atoms with van der Waals surface area (Å²) in [6, 6.07) is 2.79. The van der Waals surface area contributed by atoms with Gasteiger partial charge in [0.25, 0.3) is 0 Å². The van der Waals surface area contributed by atoms with Crippen LogP contribution in [0.3, 0.4) is 0 Å². The summed E-state index contributed by atoms with van der Waals surface area (Å²) < 4.78 is 51.6. The van der Waals surface area contributed by atoms with Crippen LogP contribution in [0.15, 0.2) is 21.3 Å². The number of ether oxygens (including phenoxy) is 8. The van der Waals surface area contributed by atoms with Crippen molar-refractivity contribution < 1.29 is 75.9 Å². The molecule has 0 radical (unpaired) electrons. The van der Waals surface area contributed by atoms with Crippen molar-refractivity contribution in [3.8, 4) is 5.75 Å². The van der Waals surface area contributed by atoms with E-state index in [4.69, 9.17) is 42.3 Å². The third kappa shape index (κ3) is 25.2. The number of carbonyl (C=O) groups is 7. The highest BCUT2D eigenvalue weighted by Gasteiger charge is 2.31. The molecule has 2 aromatic rings. The number of nitrogens with zero attached hydrogens (tertiary/aromatic N) is 3. The van der Waals surface area contributed by atoms with Gasteiger partial charge in [-0.3, -0.25) is 43.5 Å². The third-order valence-electron chi connectivity index (χ3n) is 8.71. The number of rotatable bonds is 22. The van der Waals surface area contributed by atoms with Gasteiger partial charge in [-0.2, -0.15) is 0 Å². The topological polar surface area (TPSA) is 233 Å². The smallest absolute Gasteiger partial charge is 0.351 e. The van der Waals surface area contributed by atoms with Crippen LogP contribution in [0.1, 0.15) is 153 Å². The molecular weight excluding hydrogens is 939 g/mol. The molecule has 0 bridgehead atoms. The number of fused-ring (bicyclic) bond motifs is 1. The maximum absolute atomic E-state index is 13.7. The fraction of sp³-hybridized carbons (Fsp3) is 0.692. The molecule has 2 rings (SSSR count). The lowest BCUT2D eigenvalue weighted by molar-refractivity contribution is -0.162. The maximum Gasteiger partial charge on any atom is 0.351 e. The Labute approximate surface area is 424 Å². The first-order valence-electron chi connectivity index (χ1n) is 24.0. The van der Waals surface area contributed by atoms with Crippen molar-refractivity contribution in [3.05, 3.63) is 39.2 Å². The first-order valence-corrected chi connectivity index (χ1v) is 24.0. The zero-order valence-electron chi connectivity index (χ0n) is 46.2. The van der Waals surface area contributed by atoms with E-state index in [1.54, 1.807) is 132 Å². The van der Waals surface area contributed by atoms with Gasteiger partial charge in [0, 0.05) is 30.6 Å². The van der Waals surface area contributed by atoms with Crippen LogP contribution in [0.5, 0.6) is 5.75 Å². The van der Waals surface area contributed by atoms with E-state index in [1.165, 1.54) is 26.8 Å². The molecule has 1 aromatic heterocycles. The van der Waals surface area contributed by atoms with Crippen molar-refractivity contribution in [2.24, 2.45) is 0 Å². The molecule has 0 aliphatic rings. The Balaban J connectivity index is 3.12. The molecule has 0 N–H and O–H groups in total. The largest absolute Gasteiger partial charge is 0.491 e. The summed E-state index contributed by atoms with van der Waals surface area (Å²) in [5.41, 5.74) is -6.72. The molecule has 1 aromatic carbocycles. The molecule has 0 unspecified atom stereocenters. The Kier molecular flexibility index (Phi) is 22.0. The van der Waals surface area contributed by atoms with Crippen molar-refractivity contribution in [2.75, 3.05) is 59.0 Å². The molecule has 72 heavy (non-hydrogen) atoms. The highest BCUT2D eigenvalue weighted by molar-refractivity contribution is 5.94. The van der Waals surface area contributed by atoms with Crippen LogP contribution in [0, 0.1) is 0 Å². The summed E-state index contributed by atoms with van der Waals surface area (Å²) in [6.45, 7) is 28.3. The van der Waals surface area contributed by atoms with Crippen molar-refractivity contribution in [3.63, 3.8) is 0 Å². The summed E-state index contributed by atoms with van der Waals surface area (Å²) in [5.74, 6) is -5.09. The molecule has 406 valence electrons. The quantitative estimate of drug-likeness (QED) is 0.0714. The Morgan fingerprint density at radius 3 is 1.15 bits per heavy atom. The number of carbonyl (C=O) groups excluding carboxylic acids is 7. The summed E-state index contributed by atoms with van der Waals surface area (Å²) in [7, 11) is 0. The highest BCUT2D eigenvalue weighted by atomic mass is 16.6. The number of benzene rings is 1. The van der Waals surface area contributed by atoms with Crippen LogP contribution in [0.25, 0.3) is 11.0 Å². The maximum atomic E-state index is 13.7. The van der Waals surface area contributed by atoms with E-state index in [2.05, 4.69) is 0 Å². The predicted octanol–water partition coefficient (Wildman–Crippen LogP) is 6.30. The van der Waals surface area contributed by atoms with Crippen molar-refractivity contribution in [1.29, 1.82) is 0 Å². The lowest BCUT2D eigenvalue weighted by Crippen LogP contribution is -2.42. The van der Waals surface area contributed by atoms with E-state index in [1.807, 2.05) is 0 Å². The van der Waals surface area contributed by atoms with E-state index in [0.717, 1.165) is 0 Å². The molecule has 0 amide bonds. The van der Waals surface area contributed by atoms with Crippen molar-refractivity contribution in [1.82, 2.24) is 14.7 Å². The fourth-order valence-electron chi connectivity index (χ4n) is 6.80. The number of hydrogen-bond donors (Lipinski definition) is 0. The summed E-state index contributed by atoms with van der Waals surface area (Å²) in [6.07, 6.45) is 0. The first kappa shape index (κ1) is 62.5. The zero-order chi connectivity index (χ0) is 55.4. The number of hydrogen-bond acceptors (Lipinski definition) is 20. The van der Waals surface area contributed by atoms with Gasteiger partial charge in [-0.05, 0) is 144 Å². The first-order chi connectivity index (χ1) is 32.6. The second kappa shape index (κ2) is 25.4. The van der Waals surface area contributed by atoms with Crippen LogP contribution >= 0.6 is 0 Å². The van der Waals surface area contributed by atoms with Gasteiger partial charge in [0.1, 0.15) is 57.1 Å². The molecule has 0 fully saturated rings. The van der Waals surface area contributed by atoms with Crippen LogP contribution in [0.4, 0.5) is 0 Å². The third-order valence-corrected chi connectivity index (χ3v) is 8.71. The second-order valence-electron chi connectivity index (χ2n) is 23.3. The van der Waals surface area contributed by atoms with Crippen molar-refractivity contribution in [2.45, 2.75) is 178 Å². The van der Waals surface area contributed by atoms with Gasteiger partial charge in [-0.15, -0.1) is 0 Å². The van der Waals surface area contributed by atoms with E-state index in [-0.39, 0.29) is 73.8 Å². The van der Waals surface area contributed by atoms with Gasteiger partial charge >= 0.3 is 47.4 Å². The minimum absolute atomic E-state index is 0.0132. The van der Waals surface area contributed by atoms with Crippen molar-refractivity contribution >= 4 is 52.8 Å². The highest BCUT2D eigenvalue weighted by Crippen LogP contribution is 2.35. The molecule has 0 aliphatic heterocycles. The van der Waals surface area contributed by atoms with Crippen LogP contribution in [-0.4, -0.2) is 149 Å². The average Bonchev–Trinajstić information content (AvgIpc) is 3.11. The molecule has 1 heterocycles. The van der Waals surface area contributed by atoms with Gasteiger partial charge in [-0.25, -0.2) is 9.59 Å². The van der Waals surface area contributed by atoms with Gasteiger partial charge in [0.05, 0.1) is 51.4 Å². The van der Waals surface area contributed by atoms with Gasteiger partial charge in [0.2, 0.25) is 0 Å². The molecule has 0 aliphatic carbocycles. The standard InChI is InChI=1S/C52H81N3O17/c1-20-64-45(62)35-24-33-23-34(25-54(29-39(58)69-49(8,9)10)30-40(59)70-50(11,12)13)43(65-22-21-53(27-37(56)67-47(2,3)4)28-38(57)68-48(5,6)7)36(44(33)66-46(35)63)26-55(31-41(60)71-51(14,15)16)32-42(61)72-52(17,18)19/h23-24H,20-22,25-32H2,1-19H3. The summed E-state index contributed by atoms with van der Waals surface area (Å²) in [4.78, 5) is 112. The predicted molar refractivity (Wildman–Crippen MR) is 266 cm³/mol. The zero-order valence-corrected chi connectivity index (χ0v) is 46.2. The Bertz CT molecular complexity index is 2200. The second-order valence-corrected chi connectivity index (χ2v) is 23.3. The molecule has 0 saturated carbocycles. The molecule has 0 spiro atoms. The summed E-state index contributed by atoms with van der Waals surface area (Å²) >= 11 is 0. The average molecular weight is 1020 g/mol. The lowest BCUT2D eigenvalue weighted by atomic mass is 10.0. The molecule has 20 nitrogen and oxygen atoms in total. The van der Waals surface area contributed by atoms with E-state index >= 15 is 0 Å². The minimum Gasteiger partial charge on any atom is -0.491 e. The normalized spacial score (nSPS) is 12.7.